The van der Waals surface area contributed by atoms with Gasteiger partial charge in [-0.2, -0.15) is 0 Å². The maximum absolute atomic E-state index is 12.6. The number of ether oxygens (including phenoxy) is 2. The number of carbonyl (C=O) groups is 1. The Morgan fingerprint density at radius 1 is 0.933 bits per heavy atom. The van der Waals surface area contributed by atoms with Crippen molar-refractivity contribution in [3.63, 3.8) is 0 Å². The molecular formula is C21H25N3O5S. The fourth-order valence-corrected chi connectivity index (χ4v) is 4.82. The Morgan fingerprint density at radius 3 is 2.07 bits per heavy atom. The summed E-state index contributed by atoms with van der Waals surface area (Å²) in [5.74, 6) is -0.627. The number of nitrogens with one attached hydrogen (secondary N) is 2. The number of amides is 1. The number of hydrogen-bond acceptors (Lipinski definition) is 6. The fourth-order valence-electron chi connectivity index (χ4n) is 3.77. The van der Waals surface area contributed by atoms with E-state index < -0.39 is 15.8 Å². The van der Waals surface area contributed by atoms with Crippen LogP contribution in [0, 0.1) is 0 Å². The van der Waals surface area contributed by atoms with Crippen LogP contribution in [0.4, 0.5) is 17.1 Å². The number of sulfonamides is 1. The maximum atomic E-state index is 12.6. The molecule has 2 aliphatic heterocycles. The second kappa shape index (κ2) is 8.25. The van der Waals surface area contributed by atoms with E-state index in [1.165, 1.54) is 19.1 Å². The first-order chi connectivity index (χ1) is 14.4. The minimum Gasteiger partial charge on any atom is -0.371 e. The summed E-state index contributed by atoms with van der Waals surface area (Å²) in [6, 6.07) is 13.4. The largest absolute Gasteiger partial charge is 0.371 e. The van der Waals surface area contributed by atoms with Crippen LogP contribution in [0.3, 0.4) is 0 Å². The molecule has 0 aliphatic carbocycles. The molecule has 0 aromatic heterocycles. The molecular weight excluding hydrogens is 406 g/mol. The minimum atomic E-state index is -3.72. The molecule has 0 unspecified atom stereocenters. The van der Waals surface area contributed by atoms with Gasteiger partial charge in [-0.1, -0.05) is 0 Å². The fraction of sp³-hybridized carbons (Fsp3) is 0.381. The van der Waals surface area contributed by atoms with Crippen molar-refractivity contribution in [2.75, 3.05) is 41.2 Å². The lowest BCUT2D eigenvalue weighted by Crippen LogP contribution is -2.45. The first-order valence-corrected chi connectivity index (χ1v) is 11.4. The van der Waals surface area contributed by atoms with Gasteiger partial charge in [-0.3, -0.25) is 9.52 Å². The number of nitrogens with zero attached hydrogens (tertiary/aromatic N) is 1. The lowest BCUT2D eigenvalue weighted by molar-refractivity contribution is -0.169. The Balaban J connectivity index is 1.38. The topological polar surface area (TPSA) is 97.0 Å². The standard InChI is InChI=1S/C21H25N3O5S/c1-16(25)22-17-4-8-20(9-5-17)30(26,27)23-18-2-6-19(7-3-18)24-12-10-21(11-13-24)28-14-15-29-21/h2-9,23H,10-15H2,1H3,(H,22,25). The highest BCUT2D eigenvalue weighted by molar-refractivity contribution is 7.92. The number of piperidine rings is 1. The lowest BCUT2D eigenvalue weighted by Gasteiger charge is -2.38. The average molecular weight is 432 g/mol. The van der Waals surface area contributed by atoms with Gasteiger partial charge in [0.25, 0.3) is 10.0 Å². The molecule has 160 valence electrons. The molecule has 0 radical (unpaired) electrons. The van der Waals surface area contributed by atoms with Crippen molar-refractivity contribution in [1.82, 2.24) is 0 Å². The average Bonchev–Trinajstić information content (AvgIpc) is 3.17. The van der Waals surface area contributed by atoms with E-state index in [0.717, 1.165) is 31.6 Å². The van der Waals surface area contributed by atoms with E-state index in [-0.39, 0.29) is 10.8 Å². The summed E-state index contributed by atoms with van der Waals surface area (Å²) in [7, 11) is -3.72. The zero-order valence-corrected chi connectivity index (χ0v) is 17.6. The molecule has 30 heavy (non-hydrogen) atoms. The molecule has 2 aromatic carbocycles. The van der Waals surface area contributed by atoms with Crippen molar-refractivity contribution < 1.29 is 22.7 Å². The van der Waals surface area contributed by atoms with Crippen LogP contribution < -0.4 is 14.9 Å². The van der Waals surface area contributed by atoms with Crippen molar-refractivity contribution in [1.29, 1.82) is 0 Å². The molecule has 8 nitrogen and oxygen atoms in total. The first-order valence-electron chi connectivity index (χ1n) is 9.89. The zero-order chi connectivity index (χ0) is 21.2. The van der Waals surface area contributed by atoms with Crippen LogP contribution in [-0.4, -0.2) is 46.4 Å². The second-order valence-electron chi connectivity index (χ2n) is 7.45. The third kappa shape index (κ3) is 4.58. The van der Waals surface area contributed by atoms with Crippen molar-refractivity contribution in [3.8, 4) is 0 Å². The highest BCUT2D eigenvalue weighted by atomic mass is 32.2. The third-order valence-corrected chi connectivity index (χ3v) is 6.71. The number of hydrogen-bond donors (Lipinski definition) is 2. The predicted molar refractivity (Wildman–Crippen MR) is 114 cm³/mol. The minimum absolute atomic E-state index is 0.124. The number of benzene rings is 2. The number of anilines is 3. The molecule has 0 bridgehead atoms. The third-order valence-electron chi connectivity index (χ3n) is 5.31. The molecule has 1 spiro atoms. The van der Waals surface area contributed by atoms with Gasteiger partial charge in [-0.15, -0.1) is 0 Å². The molecule has 2 N–H and O–H groups in total. The summed E-state index contributed by atoms with van der Waals surface area (Å²) >= 11 is 0. The van der Waals surface area contributed by atoms with E-state index in [2.05, 4.69) is 14.9 Å². The van der Waals surface area contributed by atoms with Crippen molar-refractivity contribution in [2.24, 2.45) is 0 Å². The van der Waals surface area contributed by atoms with Gasteiger partial charge in [-0.05, 0) is 48.5 Å². The van der Waals surface area contributed by atoms with E-state index in [1.807, 2.05) is 12.1 Å². The van der Waals surface area contributed by atoms with Crippen LogP contribution in [0.5, 0.6) is 0 Å². The van der Waals surface area contributed by atoms with Gasteiger partial charge in [0.2, 0.25) is 5.91 Å². The van der Waals surface area contributed by atoms with Gasteiger partial charge in [0.1, 0.15) is 0 Å². The van der Waals surface area contributed by atoms with Gasteiger partial charge in [0.05, 0.1) is 18.1 Å². The SMILES string of the molecule is CC(=O)Nc1ccc(S(=O)(=O)Nc2ccc(N3CCC4(CC3)OCCO4)cc2)cc1. The molecule has 2 saturated heterocycles. The number of rotatable bonds is 5. The van der Waals surface area contributed by atoms with Crippen LogP contribution >= 0.6 is 0 Å². The Bertz CT molecular complexity index is 990. The van der Waals surface area contributed by atoms with Gasteiger partial charge >= 0.3 is 0 Å². The van der Waals surface area contributed by atoms with Crippen molar-refractivity contribution in [2.45, 2.75) is 30.4 Å². The molecule has 2 heterocycles. The number of carbonyl (C=O) groups excluding carboxylic acids is 1. The molecule has 0 saturated carbocycles. The van der Waals surface area contributed by atoms with E-state index >= 15 is 0 Å². The van der Waals surface area contributed by atoms with E-state index in [0.29, 0.717) is 24.6 Å². The summed E-state index contributed by atoms with van der Waals surface area (Å²) in [5.41, 5.74) is 2.06. The molecule has 2 aromatic rings. The smallest absolute Gasteiger partial charge is 0.261 e. The summed E-state index contributed by atoms with van der Waals surface area (Å²) in [5, 5.41) is 2.61. The molecule has 0 atom stereocenters. The van der Waals surface area contributed by atoms with Gasteiger partial charge in [0.15, 0.2) is 5.79 Å². The van der Waals surface area contributed by atoms with Crippen molar-refractivity contribution in [3.05, 3.63) is 48.5 Å². The summed E-state index contributed by atoms with van der Waals surface area (Å²) in [6.45, 7) is 4.36. The zero-order valence-electron chi connectivity index (χ0n) is 16.8. The van der Waals surface area contributed by atoms with Crippen molar-refractivity contribution >= 4 is 33.0 Å². The van der Waals surface area contributed by atoms with Crippen LogP contribution in [0.15, 0.2) is 53.4 Å². The Morgan fingerprint density at radius 2 is 1.50 bits per heavy atom. The molecule has 2 aliphatic rings. The second-order valence-corrected chi connectivity index (χ2v) is 9.13. The highest BCUT2D eigenvalue weighted by Gasteiger charge is 2.39. The van der Waals surface area contributed by atoms with Crippen LogP contribution in [0.1, 0.15) is 19.8 Å². The normalized spacial score (nSPS) is 18.4. The van der Waals surface area contributed by atoms with Crippen LogP contribution in [0.25, 0.3) is 0 Å². The predicted octanol–water partition coefficient (Wildman–Crippen LogP) is 2.79. The Labute approximate surface area is 176 Å². The Hall–Kier alpha value is -2.62. The summed E-state index contributed by atoms with van der Waals surface area (Å²) in [6.07, 6.45) is 1.63. The monoisotopic (exact) mass is 431 g/mol. The van der Waals surface area contributed by atoms with Gasteiger partial charge < -0.3 is 19.7 Å². The quantitative estimate of drug-likeness (QED) is 0.756. The summed E-state index contributed by atoms with van der Waals surface area (Å²) in [4.78, 5) is 13.5. The van der Waals surface area contributed by atoms with E-state index in [4.69, 9.17) is 9.47 Å². The lowest BCUT2D eigenvalue weighted by atomic mass is 10.0. The highest BCUT2D eigenvalue weighted by Crippen LogP contribution is 2.33. The van der Waals surface area contributed by atoms with E-state index in [1.54, 1.807) is 24.3 Å². The van der Waals surface area contributed by atoms with Crippen LogP contribution in [-0.2, 0) is 24.3 Å². The van der Waals surface area contributed by atoms with Gasteiger partial charge in [0, 0.05) is 49.9 Å². The molecule has 4 rings (SSSR count). The first kappa shape index (κ1) is 20.6. The van der Waals surface area contributed by atoms with Crippen LogP contribution in [0.2, 0.25) is 0 Å². The molecule has 9 heteroatoms. The summed E-state index contributed by atoms with van der Waals surface area (Å²) < 4.78 is 39.4. The van der Waals surface area contributed by atoms with Gasteiger partial charge in [-0.25, -0.2) is 8.42 Å². The van der Waals surface area contributed by atoms with E-state index in [9.17, 15) is 13.2 Å². The Kier molecular flexibility index (Phi) is 5.68. The molecule has 1 amide bonds. The maximum Gasteiger partial charge on any atom is 0.261 e. The molecule has 2 fully saturated rings.